The molecule has 0 spiro atoms. The molecule has 1 fully saturated rings. The number of ether oxygens (including phenoxy) is 2. The van der Waals surface area contributed by atoms with E-state index in [1.54, 1.807) is 103 Å². The number of para-hydroxylation sites is 2. The van der Waals surface area contributed by atoms with Crippen molar-refractivity contribution in [1.29, 1.82) is 0 Å². The number of carbonyl (C=O) groups excluding carboxylic acids is 3. The van der Waals surface area contributed by atoms with Gasteiger partial charge in [-0.2, -0.15) is 0 Å². The number of hydrogen-bond acceptors (Lipinski definition) is 10. The SMILES string of the molecule is O=C(O)CC1C(CCNC(=O)OCc2ccccc2[N+](=O)[O-])C(=O)N1CP(C(=O)OCc1ccccc1[N+](=O)[O-])(c1ccccc1)(c1ccccc1)c1ccccc1. The van der Waals surface area contributed by atoms with E-state index in [9.17, 15) is 39.7 Å². The molecule has 2 atom stereocenters. The maximum absolute atomic E-state index is 15.6. The zero-order valence-electron chi connectivity index (χ0n) is 31.0. The molecule has 1 saturated heterocycles. The van der Waals surface area contributed by atoms with Crippen molar-refractivity contribution < 1.29 is 43.6 Å². The van der Waals surface area contributed by atoms with Crippen LogP contribution in [0.5, 0.6) is 0 Å². The van der Waals surface area contributed by atoms with Crippen LogP contribution in [0.4, 0.5) is 21.0 Å². The van der Waals surface area contributed by atoms with Crippen LogP contribution in [0.2, 0.25) is 0 Å². The van der Waals surface area contributed by atoms with Crippen LogP contribution >= 0.6 is 6.60 Å². The number of carbonyl (C=O) groups is 4. The summed E-state index contributed by atoms with van der Waals surface area (Å²) in [6.07, 6.45) is -1.64. The summed E-state index contributed by atoms with van der Waals surface area (Å²) >= 11 is 0. The van der Waals surface area contributed by atoms with Crippen molar-refractivity contribution >= 4 is 57.6 Å². The summed E-state index contributed by atoms with van der Waals surface area (Å²) in [5.74, 6) is -2.52. The predicted molar refractivity (Wildman–Crippen MR) is 216 cm³/mol. The Labute approximate surface area is 332 Å². The molecule has 1 heterocycles. The Balaban J connectivity index is 1.37. The van der Waals surface area contributed by atoms with Crippen LogP contribution < -0.4 is 21.2 Å². The third kappa shape index (κ3) is 7.71. The van der Waals surface area contributed by atoms with E-state index >= 15 is 4.79 Å². The summed E-state index contributed by atoms with van der Waals surface area (Å²) in [6, 6.07) is 37.3. The fourth-order valence-electron chi connectivity index (χ4n) is 7.67. The van der Waals surface area contributed by atoms with Crippen LogP contribution in [0.3, 0.4) is 0 Å². The van der Waals surface area contributed by atoms with E-state index in [1.165, 1.54) is 41.3 Å². The molecular weight excluding hydrogens is 767 g/mol. The molecule has 6 rings (SSSR count). The summed E-state index contributed by atoms with van der Waals surface area (Å²) in [5, 5.41) is 37.5. The molecule has 2 N–H and O–H groups in total. The number of hydrogen-bond donors (Lipinski definition) is 2. The Bertz CT molecular complexity index is 2230. The molecule has 2 amide bonds. The molecule has 16 heteroatoms. The number of nitro benzene ring substituents is 2. The third-order valence-electron chi connectivity index (χ3n) is 10.5. The standard InChI is InChI=1S/C42H39N4O11P/c47-39(48)26-38-35(24-25-43-41(50)56-27-30-14-10-12-22-36(30)45(52)53)40(49)44(38)29-58(32-16-4-1-5-17-32,33-18-6-2-7-19-33,34-20-8-3-9-21-34)42(51)57-28-31-15-11-13-23-37(31)46(54)55/h1-23,35,38H,24-29H2,(H,43,50)(H,47,48). The van der Waals surface area contributed by atoms with Gasteiger partial charge in [-0.25, -0.2) is 0 Å². The number of likely N-dealkylation sites (tertiary alicyclic amines) is 1. The second-order valence-electron chi connectivity index (χ2n) is 13.6. The van der Waals surface area contributed by atoms with Gasteiger partial charge >= 0.3 is 300 Å². The van der Waals surface area contributed by atoms with Gasteiger partial charge in [0.15, 0.2) is 0 Å². The molecule has 1 aliphatic heterocycles. The van der Waals surface area contributed by atoms with Crippen LogP contribution in [0.25, 0.3) is 0 Å². The van der Waals surface area contributed by atoms with Crippen molar-refractivity contribution in [3.05, 3.63) is 171 Å². The summed E-state index contributed by atoms with van der Waals surface area (Å²) in [5.41, 5.74) is -0.845. The molecule has 0 aromatic heterocycles. The van der Waals surface area contributed by atoms with Gasteiger partial charge in [-0.3, -0.25) is 10.1 Å². The van der Waals surface area contributed by atoms with Gasteiger partial charge in [0.25, 0.3) is 0 Å². The molecule has 58 heavy (non-hydrogen) atoms. The maximum atomic E-state index is 15.6. The second kappa shape index (κ2) is 17.4. The number of rotatable bonds is 17. The van der Waals surface area contributed by atoms with Gasteiger partial charge in [-0.15, -0.1) is 0 Å². The quantitative estimate of drug-likeness (QED) is 0.0465. The molecule has 0 aliphatic carbocycles. The average Bonchev–Trinajstić information content (AvgIpc) is 3.24. The Kier molecular flexibility index (Phi) is 12.2. The number of nitro groups is 2. The average molecular weight is 807 g/mol. The third-order valence-corrected chi connectivity index (χ3v) is 16.6. The van der Waals surface area contributed by atoms with E-state index in [2.05, 4.69) is 5.32 Å². The number of nitrogens with one attached hydrogen (secondary N) is 1. The van der Waals surface area contributed by atoms with Gasteiger partial charge in [0.2, 0.25) is 0 Å². The Morgan fingerprint density at radius 3 is 1.55 bits per heavy atom. The normalized spacial score (nSPS) is 15.6. The number of aliphatic carboxylic acids is 1. The summed E-state index contributed by atoms with van der Waals surface area (Å²) in [6.45, 7) is -5.71. The fourth-order valence-corrected chi connectivity index (χ4v) is 13.6. The van der Waals surface area contributed by atoms with E-state index in [4.69, 9.17) is 9.47 Å². The van der Waals surface area contributed by atoms with Crippen molar-refractivity contribution in [3.63, 3.8) is 0 Å². The number of carboxylic acids is 1. The molecule has 5 aromatic carbocycles. The predicted octanol–water partition coefficient (Wildman–Crippen LogP) is 6.25. The first-order chi connectivity index (χ1) is 28.0. The van der Waals surface area contributed by atoms with E-state index in [-0.39, 0.29) is 48.4 Å². The fraction of sp³-hybridized carbons (Fsp3) is 0.190. The molecule has 1 aliphatic rings. The number of β-lactam (4-membered cyclic amide) rings is 1. The first kappa shape index (κ1) is 40.7. The number of carboxylic acid groups (broad SMARTS) is 1. The summed E-state index contributed by atoms with van der Waals surface area (Å²) in [4.78, 5) is 78.6. The molecule has 15 nitrogen and oxygen atoms in total. The molecule has 5 aromatic rings. The zero-order valence-corrected chi connectivity index (χ0v) is 31.9. The van der Waals surface area contributed by atoms with Crippen LogP contribution in [-0.2, 0) is 32.3 Å². The van der Waals surface area contributed by atoms with Gasteiger partial charge in [0.05, 0.1) is 4.92 Å². The van der Waals surface area contributed by atoms with Crippen molar-refractivity contribution in [2.24, 2.45) is 5.92 Å². The van der Waals surface area contributed by atoms with Gasteiger partial charge in [0.1, 0.15) is 0 Å². The molecule has 298 valence electrons. The number of benzene rings is 5. The van der Waals surface area contributed by atoms with Crippen LogP contribution in [0, 0.1) is 26.1 Å². The Morgan fingerprint density at radius 1 is 0.672 bits per heavy atom. The number of nitrogens with zero attached hydrogens (tertiary/aromatic N) is 3. The molecule has 0 radical (unpaired) electrons. The van der Waals surface area contributed by atoms with Crippen molar-refractivity contribution in [1.82, 2.24) is 10.2 Å². The van der Waals surface area contributed by atoms with Crippen LogP contribution in [0.1, 0.15) is 24.0 Å². The van der Waals surface area contributed by atoms with E-state index in [1.807, 2.05) is 0 Å². The monoisotopic (exact) mass is 806 g/mol. The van der Waals surface area contributed by atoms with Gasteiger partial charge in [-0.05, 0) is 0 Å². The molecular formula is C42H39N4O11P. The molecule has 0 saturated carbocycles. The second-order valence-corrected chi connectivity index (χ2v) is 18.5. The minimum absolute atomic E-state index is 0.0218. The topological polar surface area (TPSA) is 209 Å². The van der Waals surface area contributed by atoms with Crippen LogP contribution in [0.15, 0.2) is 140 Å². The van der Waals surface area contributed by atoms with E-state index in [0.717, 1.165) is 0 Å². The zero-order chi connectivity index (χ0) is 41.3. The summed E-state index contributed by atoms with van der Waals surface area (Å²) < 4.78 is 11.4. The number of alkyl carbamates (subject to hydrolysis) is 1. The Morgan fingerprint density at radius 2 is 1.10 bits per heavy atom. The first-order valence-electron chi connectivity index (χ1n) is 18.2. The van der Waals surface area contributed by atoms with E-state index in [0.29, 0.717) is 15.9 Å². The first-order valence-corrected chi connectivity index (χ1v) is 20.6. The van der Waals surface area contributed by atoms with Crippen molar-refractivity contribution in [2.75, 3.05) is 12.8 Å². The Hall–Kier alpha value is -6.99. The van der Waals surface area contributed by atoms with Gasteiger partial charge < -0.3 is 0 Å². The van der Waals surface area contributed by atoms with E-state index < -0.39 is 65.1 Å². The molecule has 2 unspecified atom stereocenters. The molecule has 0 bridgehead atoms. The number of amides is 2. The van der Waals surface area contributed by atoms with Crippen LogP contribution in [-0.4, -0.2) is 62.4 Å². The van der Waals surface area contributed by atoms with Crippen molar-refractivity contribution in [2.45, 2.75) is 32.1 Å². The van der Waals surface area contributed by atoms with Gasteiger partial charge in [0, 0.05) is 6.07 Å². The van der Waals surface area contributed by atoms with Crippen molar-refractivity contribution in [3.8, 4) is 0 Å². The summed E-state index contributed by atoms with van der Waals surface area (Å²) in [7, 11) is 0. The minimum atomic E-state index is -4.78. The van der Waals surface area contributed by atoms with Gasteiger partial charge in [-0.1, -0.05) is 12.1 Å².